The molecule has 0 amide bonds. The van der Waals surface area contributed by atoms with Crippen LogP contribution in [0.5, 0.6) is 5.75 Å². The van der Waals surface area contributed by atoms with E-state index >= 15 is 0 Å². The highest BCUT2D eigenvalue weighted by Gasteiger charge is 2.29. The molecule has 0 aliphatic carbocycles. The van der Waals surface area contributed by atoms with E-state index in [4.69, 9.17) is 39.5 Å². The van der Waals surface area contributed by atoms with Gasteiger partial charge in [-0.05, 0) is 31.2 Å². The van der Waals surface area contributed by atoms with Crippen LogP contribution in [0.4, 0.5) is 5.69 Å². The van der Waals surface area contributed by atoms with Gasteiger partial charge in [0.15, 0.2) is 0 Å². The predicted octanol–water partition coefficient (Wildman–Crippen LogP) is 4.87. The highest BCUT2D eigenvalue weighted by molar-refractivity contribution is 7.93. The molecule has 8 heteroatoms. The maximum atomic E-state index is 13.0. The summed E-state index contributed by atoms with van der Waals surface area (Å²) < 4.78 is 32.2. The van der Waals surface area contributed by atoms with Gasteiger partial charge in [0.1, 0.15) is 15.7 Å². The van der Waals surface area contributed by atoms with Gasteiger partial charge in [-0.15, -0.1) is 0 Å². The molecule has 0 unspecified atom stereocenters. The molecule has 4 nitrogen and oxygen atoms in total. The van der Waals surface area contributed by atoms with Gasteiger partial charge in [-0.1, -0.05) is 46.9 Å². The highest BCUT2D eigenvalue weighted by atomic mass is 35.5. The summed E-state index contributed by atoms with van der Waals surface area (Å²) in [6.07, 6.45) is 0. The molecule has 23 heavy (non-hydrogen) atoms. The number of sulfonamides is 1. The Bertz CT molecular complexity index is 825. The van der Waals surface area contributed by atoms with Crippen LogP contribution in [-0.2, 0) is 10.0 Å². The molecule has 2 rings (SSSR count). The molecule has 0 bridgehead atoms. The number of hydrogen-bond acceptors (Lipinski definition) is 3. The van der Waals surface area contributed by atoms with E-state index in [0.29, 0.717) is 16.5 Å². The lowest BCUT2D eigenvalue weighted by atomic mass is 10.3. The first-order chi connectivity index (χ1) is 10.8. The summed E-state index contributed by atoms with van der Waals surface area (Å²) >= 11 is 18.3. The van der Waals surface area contributed by atoms with Crippen LogP contribution in [0, 0.1) is 0 Å². The molecule has 0 N–H and O–H groups in total. The summed E-state index contributed by atoms with van der Waals surface area (Å²) in [5.41, 5.74) is 0.375. The van der Waals surface area contributed by atoms with Crippen molar-refractivity contribution >= 4 is 50.5 Å². The fourth-order valence-electron chi connectivity index (χ4n) is 2.11. The topological polar surface area (TPSA) is 46.6 Å². The monoisotopic (exact) mass is 393 g/mol. The standard InChI is InChI=1S/C15H14Cl3NO3S/c1-3-19(11-7-5-4-6-10(11)16)23(20,21)13-9-8-12(22-2)14(17)15(13)18/h4-9H,3H2,1-2H3. The van der Waals surface area contributed by atoms with Gasteiger partial charge in [0.05, 0.1) is 22.8 Å². The molecule has 0 saturated carbocycles. The Labute approximate surface area is 150 Å². The van der Waals surface area contributed by atoms with Crippen molar-refractivity contribution in [3.8, 4) is 5.75 Å². The Morgan fingerprint density at radius 1 is 1.04 bits per heavy atom. The van der Waals surface area contributed by atoms with Crippen molar-refractivity contribution in [3.63, 3.8) is 0 Å². The van der Waals surface area contributed by atoms with E-state index < -0.39 is 10.0 Å². The van der Waals surface area contributed by atoms with Gasteiger partial charge in [0.25, 0.3) is 10.0 Å². The summed E-state index contributed by atoms with van der Waals surface area (Å²) in [5.74, 6) is 0.302. The van der Waals surface area contributed by atoms with Crippen LogP contribution in [0.15, 0.2) is 41.3 Å². The third-order valence-corrected chi connectivity index (χ3v) is 6.44. The zero-order valence-electron chi connectivity index (χ0n) is 12.4. The van der Waals surface area contributed by atoms with Crippen molar-refractivity contribution < 1.29 is 13.2 Å². The quantitative estimate of drug-likeness (QED) is 0.727. The average molecular weight is 395 g/mol. The first-order valence-corrected chi connectivity index (χ1v) is 9.21. The van der Waals surface area contributed by atoms with Gasteiger partial charge < -0.3 is 4.74 Å². The first kappa shape index (κ1) is 18.2. The van der Waals surface area contributed by atoms with Gasteiger partial charge in [-0.2, -0.15) is 0 Å². The molecule has 0 aliphatic heterocycles. The van der Waals surface area contributed by atoms with E-state index in [9.17, 15) is 8.42 Å². The van der Waals surface area contributed by atoms with Crippen LogP contribution in [-0.4, -0.2) is 22.1 Å². The van der Waals surface area contributed by atoms with Gasteiger partial charge in [-0.3, -0.25) is 4.31 Å². The van der Waals surface area contributed by atoms with Crippen LogP contribution in [0.25, 0.3) is 0 Å². The van der Waals surface area contributed by atoms with Crippen molar-refractivity contribution in [2.75, 3.05) is 18.0 Å². The SMILES string of the molecule is CCN(c1ccccc1Cl)S(=O)(=O)c1ccc(OC)c(Cl)c1Cl. The Morgan fingerprint density at radius 2 is 1.70 bits per heavy atom. The smallest absolute Gasteiger partial charge is 0.265 e. The molecular formula is C15H14Cl3NO3S. The Kier molecular flexibility index (Phi) is 5.68. The van der Waals surface area contributed by atoms with Crippen LogP contribution < -0.4 is 9.04 Å². The number of halogens is 3. The molecule has 0 atom stereocenters. The zero-order chi connectivity index (χ0) is 17.2. The van der Waals surface area contributed by atoms with Crippen molar-refractivity contribution in [3.05, 3.63) is 51.5 Å². The predicted molar refractivity (Wildman–Crippen MR) is 94.7 cm³/mol. The second kappa shape index (κ2) is 7.18. The minimum atomic E-state index is -3.93. The van der Waals surface area contributed by atoms with E-state index in [2.05, 4.69) is 0 Å². The largest absolute Gasteiger partial charge is 0.495 e. The molecule has 0 aliphatic rings. The minimum Gasteiger partial charge on any atom is -0.495 e. The first-order valence-electron chi connectivity index (χ1n) is 6.63. The summed E-state index contributed by atoms with van der Waals surface area (Å²) in [4.78, 5) is -0.105. The average Bonchev–Trinajstić information content (AvgIpc) is 2.52. The second-order valence-electron chi connectivity index (χ2n) is 4.52. The maximum absolute atomic E-state index is 13.0. The van der Waals surface area contributed by atoms with Crippen molar-refractivity contribution in [1.82, 2.24) is 0 Å². The van der Waals surface area contributed by atoms with Crippen molar-refractivity contribution in [1.29, 1.82) is 0 Å². The van der Waals surface area contributed by atoms with Crippen molar-refractivity contribution in [2.45, 2.75) is 11.8 Å². The fraction of sp³-hybridized carbons (Fsp3) is 0.200. The molecule has 2 aromatic rings. The second-order valence-corrected chi connectivity index (χ2v) is 7.51. The number of anilines is 1. The van der Waals surface area contributed by atoms with E-state index in [1.54, 1.807) is 31.2 Å². The molecule has 0 aromatic heterocycles. The maximum Gasteiger partial charge on any atom is 0.265 e. The van der Waals surface area contributed by atoms with Gasteiger partial charge in [0.2, 0.25) is 0 Å². The van der Waals surface area contributed by atoms with Crippen LogP contribution in [0.3, 0.4) is 0 Å². The van der Waals surface area contributed by atoms with Gasteiger partial charge in [-0.25, -0.2) is 8.42 Å². The summed E-state index contributed by atoms with van der Waals surface area (Å²) in [6.45, 7) is 1.89. The zero-order valence-corrected chi connectivity index (χ0v) is 15.5. The van der Waals surface area contributed by atoms with Crippen LogP contribution in [0.1, 0.15) is 6.92 Å². The van der Waals surface area contributed by atoms with Gasteiger partial charge >= 0.3 is 0 Å². The van der Waals surface area contributed by atoms with E-state index in [-0.39, 0.29) is 21.5 Å². The number of para-hydroxylation sites is 1. The Morgan fingerprint density at radius 3 is 2.26 bits per heavy atom. The molecule has 0 spiro atoms. The van der Waals surface area contributed by atoms with E-state index in [0.717, 1.165) is 0 Å². The Balaban J connectivity index is 2.61. The molecule has 2 aromatic carbocycles. The number of rotatable bonds is 5. The summed E-state index contributed by atoms with van der Waals surface area (Å²) in [6, 6.07) is 9.51. The number of ether oxygens (including phenoxy) is 1. The van der Waals surface area contributed by atoms with Gasteiger partial charge in [0, 0.05) is 6.54 Å². The van der Waals surface area contributed by atoms with Crippen LogP contribution in [0.2, 0.25) is 15.1 Å². The highest BCUT2D eigenvalue weighted by Crippen LogP contribution is 2.39. The normalized spacial score (nSPS) is 11.3. The molecule has 0 heterocycles. The minimum absolute atomic E-state index is 0.0467. The van der Waals surface area contributed by atoms with E-state index in [1.807, 2.05) is 0 Å². The van der Waals surface area contributed by atoms with Crippen LogP contribution >= 0.6 is 34.8 Å². The lowest BCUT2D eigenvalue weighted by molar-refractivity contribution is 0.414. The third-order valence-electron chi connectivity index (χ3n) is 3.21. The number of benzene rings is 2. The molecule has 0 fully saturated rings. The number of hydrogen-bond donors (Lipinski definition) is 0. The summed E-state index contributed by atoms with van der Waals surface area (Å²) in [7, 11) is -2.50. The molecular weight excluding hydrogens is 381 g/mol. The lowest BCUT2D eigenvalue weighted by Gasteiger charge is -2.24. The number of nitrogens with zero attached hydrogens (tertiary/aromatic N) is 1. The molecule has 0 radical (unpaired) electrons. The lowest BCUT2D eigenvalue weighted by Crippen LogP contribution is -2.31. The molecule has 124 valence electrons. The summed E-state index contributed by atoms with van der Waals surface area (Å²) in [5, 5.41) is 0.288. The van der Waals surface area contributed by atoms with E-state index in [1.165, 1.54) is 23.5 Å². The number of methoxy groups -OCH3 is 1. The Hall–Kier alpha value is -1.14. The fourth-order valence-corrected chi connectivity index (χ4v) is 4.71. The van der Waals surface area contributed by atoms with Crippen molar-refractivity contribution in [2.24, 2.45) is 0 Å². The third kappa shape index (κ3) is 3.38. The molecule has 0 saturated heterocycles.